The molecule has 5 rings (SSSR count). The van der Waals surface area contributed by atoms with Gasteiger partial charge in [0.2, 0.25) is 12.7 Å². The number of anilines is 1. The van der Waals surface area contributed by atoms with Crippen LogP contribution in [0.4, 0.5) is 5.82 Å². The molecule has 2 aliphatic rings. The Morgan fingerprint density at radius 3 is 2.57 bits per heavy atom. The number of rotatable bonds is 4. The quantitative estimate of drug-likeness (QED) is 0.612. The number of nitrogens with one attached hydrogen (secondary N) is 1. The SMILES string of the molecule is Cc1c(-c2ccccc2Cl)cnc(NC(=O)C2(c3ccc4c(c3)OCO4)CC2)c1C. The Morgan fingerprint density at radius 2 is 1.80 bits per heavy atom. The first-order valence-corrected chi connectivity index (χ1v) is 10.3. The van der Waals surface area contributed by atoms with E-state index in [1.54, 1.807) is 6.20 Å². The van der Waals surface area contributed by atoms with Crippen molar-refractivity contribution in [3.05, 3.63) is 70.4 Å². The Balaban J connectivity index is 1.43. The molecule has 0 radical (unpaired) electrons. The van der Waals surface area contributed by atoms with Gasteiger partial charge in [0, 0.05) is 22.3 Å². The molecule has 6 heteroatoms. The highest BCUT2D eigenvalue weighted by Gasteiger charge is 2.52. The van der Waals surface area contributed by atoms with Gasteiger partial charge in [-0.2, -0.15) is 0 Å². The average molecular weight is 421 g/mol. The third-order valence-corrected chi connectivity index (χ3v) is 6.48. The summed E-state index contributed by atoms with van der Waals surface area (Å²) in [6.07, 6.45) is 3.38. The van der Waals surface area contributed by atoms with Crippen molar-refractivity contribution in [3.8, 4) is 22.6 Å². The maximum atomic E-state index is 13.2. The molecular weight excluding hydrogens is 400 g/mol. The molecule has 2 aromatic carbocycles. The highest BCUT2D eigenvalue weighted by molar-refractivity contribution is 6.33. The Hall–Kier alpha value is -3.05. The molecule has 1 aliphatic carbocycles. The molecule has 0 atom stereocenters. The van der Waals surface area contributed by atoms with Gasteiger partial charge in [0.05, 0.1) is 5.41 Å². The molecule has 5 nitrogen and oxygen atoms in total. The Kier molecular flexibility index (Phi) is 4.44. The van der Waals surface area contributed by atoms with Gasteiger partial charge in [-0.05, 0) is 61.6 Å². The number of amides is 1. The van der Waals surface area contributed by atoms with Crippen LogP contribution in [0.15, 0.2) is 48.7 Å². The fourth-order valence-corrected chi connectivity index (χ4v) is 4.21. The number of halogens is 1. The van der Waals surface area contributed by atoms with E-state index < -0.39 is 5.41 Å². The summed E-state index contributed by atoms with van der Waals surface area (Å²) in [6.45, 7) is 4.21. The highest BCUT2D eigenvalue weighted by Crippen LogP contribution is 2.51. The van der Waals surface area contributed by atoms with Crippen LogP contribution in [0.3, 0.4) is 0 Å². The van der Waals surface area contributed by atoms with Crippen LogP contribution in [0.25, 0.3) is 11.1 Å². The molecular formula is C24H21ClN2O3. The number of hydrogen-bond donors (Lipinski definition) is 1. The van der Waals surface area contributed by atoms with E-state index in [4.69, 9.17) is 21.1 Å². The van der Waals surface area contributed by atoms with E-state index in [0.29, 0.717) is 16.6 Å². The summed E-state index contributed by atoms with van der Waals surface area (Å²) in [6, 6.07) is 13.4. The van der Waals surface area contributed by atoms with Gasteiger partial charge in [0.15, 0.2) is 11.5 Å². The summed E-state index contributed by atoms with van der Waals surface area (Å²) in [5.74, 6) is 1.96. The third-order valence-electron chi connectivity index (χ3n) is 6.15. The molecule has 1 aliphatic heterocycles. The Bertz CT molecular complexity index is 1170. The first-order valence-electron chi connectivity index (χ1n) is 9.92. The number of fused-ring (bicyclic) bond motifs is 1. The minimum atomic E-state index is -0.537. The summed E-state index contributed by atoms with van der Waals surface area (Å²) in [5, 5.41) is 3.74. The summed E-state index contributed by atoms with van der Waals surface area (Å²) in [5.41, 5.74) is 4.29. The first kappa shape index (κ1) is 18.9. The van der Waals surface area contributed by atoms with Crippen molar-refractivity contribution in [1.82, 2.24) is 4.98 Å². The summed E-state index contributed by atoms with van der Waals surface area (Å²) >= 11 is 6.37. The number of nitrogens with zero attached hydrogens (tertiary/aromatic N) is 1. The summed E-state index contributed by atoms with van der Waals surface area (Å²) < 4.78 is 10.9. The largest absolute Gasteiger partial charge is 0.454 e. The van der Waals surface area contributed by atoms with E-state index in [9.17, 15) is 4.79 Å². The van der Waals surface area contributed by atoms with Crippen molar-refractivity contribution in [2.45, 2.75) is 32.1 Å². The van der Waals surface area contributed by atoms with Crippen LogP contribution in [0.5, 0.6) is 11.5 Å². The molecule has 3 aromatic rings. The van der Waals surface area contributed by atoms with Gasteiger partial charge < -0.3 is 14.8 Å². The Labute approximate surface area is 180 Å². The van der Waals surface area contributed by atoms with Crippen molar-refractivity contribution in [3.63, 3.8) is 0 Å². The van der Waals surface area contributed by atoms with Gasteiger partial charge in [-0.15, -0.1) is 0 Å². The molecule has 0 bridgehead atoms. The number of carbonyl (C=O) groups is 1. The van der Waals surface area contributed by atoms with Crippen LogP contribution in [-0.4, -0.2) is 17.7 Å². The van der Waals surface area contributed by atoms with Crippen LogP contribution in [0, 0.1) is 13.8 Å². The van der Waals surface area contributed by atoms with Crippen LogP contribution in [0.1, 0.15) is 29.5 Å². The van der Waals surface area contributed by atoms with E-state index in [2.05, 4.69) is 10.3 Å². The monoisotopic (exact) mass is 420 g/mol. The van der Waals surface area contributed by atoms with E-state index in [1.807, 2.05) is 56.3 Å². The second-order valence-corrected chi connectivity index (χ2v) is 8.26. The van der Waals surface area contributed by atoms with Crippen LogP contribution in [0.2, 0.25) is 5.02 Å². The first-order chi connectivity index (χ1) is 14.5. The summed E-state index contributed by atoms with van der Waals surface area (Å²) in [7, 11) is 0. The van der Waals surface area contributed by atoms with Gasteiger partial charge in [-0.1, -0.05) is 35.9 Å². The fraction of sp³-hybridized carbons (Fsp3) is 0.250. The van der Waals surface area contributed by atoms with E-state index in [0.717, 1.165) is 46.4 Å². The van der Waals surface area contributed by atoms with Gasteiger partial charge in [-0.3, -0.25) is 4.79 Å². The molecule has 1 amide bonds. The predicted octanol–water partition coefficient (Wildman–Crippen LogP) is 5.42. The second kappa shape index (κ2) is 7.03. The molecule has 0 unspecified atom stereocenters. The van der Waals surface area contributed by atoms with E-state index >= 15 is 0 Å². The molecule has 0 spiro atoms. The smallest absolute Gasteiger partial charge is 0.236 e. The molecule has 1 aromatic heterocycles. The zero-order valence-corrected chi connectivity index (χ0v) is 17.5. The molecule has 152 valence electrons. The third kappa shape index (κ3) is 3.01. The highest BCUT2D eigenvalue weighted by atomic mass is 35.5. The van der Waals surface area contributed by atoms with Gasteiger partial charge in [0.1, 0.15) is 5.82 Å². The summed E-state index contributed by atoms with van der Waals surface area (Å²) in [4.78, 5) is 17.8. The normalized spacial score (nSPS) is 15.7. The lowest BCUT2D eigenvalue weighted by Crippen LogP contribution is -2.28. The lowest BCUT2D eigenvalue weighted by molar-refractivity contribution is -0.118. The van der Waals surface area contributed by atoms with Gasteiger partial charge >= 0.3 is 0 Å². The standard InChI is InChI=1S/C24H21ClN2O3/c1-14-15(2)22(26-12-18(14)17-5-3-4-6-19(17)25)27-23(28)24(9-10-24)16-7-8-20-21(11-16)30-13-29-20/h3-8,11-12H,9-10,13H2,1-2H3,(H,26,27,28). The maximum Gasteiger partial charge on any atom is 0.236 e. The molecule has 30 heavy (non-hydrogen) atoms. The predicted molar refractivity (Wildman–Crippen MR) is 116 cm³/mol. The lowest BCUT2D eigenvalue weighted by atomic mass is 9.94. The minimum Gasteiger partial charge on any atom is -0.454 e. The number of hydrogen-bond acceptors (Lipinski definition) is 4. The topological polar surface area (TPSA) is 60.5 Å². The van der Waals surface area contributed by atoms with Crippen LogP contribution in [-0.2, 0) is 10.2 Å². The molecule has 2 heterocycles. The molecule has 1 saturated carbocycles. The zero-order valence-electron chi connectivity index (χ0n) is 16.8. The van der Waals surface area contributed by atoms with Gasteiger partial charge in [0.25, 0.3) is 0 Å². The average Bonchev–Trinajstić information content (AvgIpc) is 3.43. The molecule has 1 N–H and O–H groups in total. The lowest BCUT2D eigenvalue weighted by Gasteiger charge is -2.18. The number of aromatic nitrogens is 1. The minimum absolute atomic E-state index is 0.0399. The van der Waals surface area contributed by atoms with Crippen molar-refractivity contribution < 1.29 is 14.3 Å². The number of carbonyl (C=O) groups excluding carboxylic acids is 1. The van der Waals surface area contributed by atoms with Crippen molar-refractivity contribution in [2.24, 2.45) is 0 Å². The molecule has 0 saturated heterocycles. The molecule has 1 fully saturated rings. The number of pyridine rings is 1. The van der Waals surface area contributed by atoms with Crippen molar-refractivity contribution in [2.75, 3.05) is 12.1 Å². The maximum absolute atomic E-state index is 13.2. The van der Waals surface area contributed by atoms with Crippen LogP contribution < -0.4 is 14.8 Å². The Morgan fingerprint density at radius 1 is 1.03 bits per heavy atom. The van der Waals surface area contributed by atoms with Crippen molar-refractivity contribution in [1.29, 1.82) is 0 Å². The second-order valence-electron chi connectivity index (χ2n) is 7.85. The number of ether oxygens (including phenoxy) is 2. The van der Waals surface area contributed by atoms with Crippen molar-refractivity contribution >= 4 is 23.3 Å². The van der Waals surface area contributed by atoms with Crippen LogP contribution >= 0.6 is 11.6 Å². The zero-order chi connectivity index (χ0) is 20.9. The van der Waals surface area contributed by atoms with Gasteiger partial charge in [-0.25, -0.2) is 4.98 Å². The number of benzene rings is 2. The fourth-order valence-electron chi connectivity index (χ4n) is 3.97. The van der Waals surface area contributed by atoms with E-state index in [1.165, 1.54) is 0 Å². The van der Waals surface area contributed by atoms with E-state index in [-0.39, 0.29) is 12.7 Å².